The van der Waals surface area contributed by atoms with Gasteiger partial charge in [0.2, 0.25) is 0 Å². The quantitative estimate of drug-likeness (QED) is 0.0275. The number of carboxylic acid groups (broad SMARTS) is 1. The highest BCUT2D eigenvalue weighted by Gasteiger charge is 2.24. The second kappa shape index (κ2) is 67.2. The number of carboxylic acids is 1. The number of piperidine rings is 1. The summed E-state index contributed by atoms with van der Waals surface area (Å²) in [6, 6.07) is 0. The van der Waals surface area contributed by atoms with E-state index in [2.05, 4.69) is 69.2 Å². The minimum atomic E-state index is -0.666. The summed E-state index contributed by atoms with van der Waals surface area (Å²) in [6.07, 6.45) is 72.4. The molecule has 1 aliphatic rings. The lowest BCUT2D eigenvalue weighted by Crippen LogP contribution is -2.34. The maximum atomic E-state index is 12.6. The Hall–Kier alpha value is -2.94. The number of hydrogen-bond acceptors (Lipinski definition) is 8. The van der Waals surface area contributed by atoms with Gasteiger partial charge in [-0.05, 0) is 161 Å². The molecule has 0 aromatic rings. The number of carbonyl (C=O) groups is 4. The van der Waals surface area contributed by atoms with Crippen LogP contribution in [-0.4, -0.2) is 73.8 Å². The molecule has 1 rings (SSSR count). The number of nitrogens with zero attached hydrogens (tertiary/aromatic N) is 1. The molecule has 82 heavy (non-hydrogen) atoms. The number of ether oxygens (including phenoxy) is 3. The van der Waals surface area contributed by atoms with Gasteiger partial charge in [-0.3, -0.25) is 19.2 Å². The van der Waals surface area contributed by atoms with E-state index in [-0.39, 0.29) is 31.3 Å². The Morgan fingerprint density at radius 2 is 0.671 bits per heavy atom. The van der Waals surface area contributed by atoms with Crippen LogP contribution in [0.3, 0.4) is 0 Å². The number of hydrogen-bond donors (Lipinski definition) is 1. The zero-order chi connectivity index (χ0) is 59.0. The van der Waals surface area contributed by atoms with E-state index in [1.54, 1.807) is 0 Å². The second-order valence-corrected chi connectivity index (χ2v) is 24.2. The Labute approximate surface area is 508 Å². The van der Waals surface area contributed by atoms with Gasteiger partial charge in [0.1, 0.15) is 0 Å². The van der Waals surface area contributed by atoms with Crippen LogP contribution in [0.2, 0.25) is 0 Å². The number of carbonyl (C=O) groups excluding carboxylic acids is 3. The standard InChI is InChI=1S/C56H103NO6.C16H30O2.CH4/c1-4-6-8-10-12-14-16-18-20-22-24-26-34-43-54(58)61-49-37-30-28-32-40-52(42-36-39-51-63-56(60)53-45-47-57(3)48-46-53)41-33-29-31-38-50-62-55(59)44-35-27-25-23-21-19-17-15-13-11-9-7-5-2;1-2-3-4-5-6-7-8-9-10-11-12-13-14-15-16(17)18;/h14-17,52-53H,4-13,18-51H2,1-3H3;7-8H,2-6,9-15H2,1H3,(H,17,18);1H4/b16-14-,17-15-;8-7-;. The number of esters is 3. The van der Waals surface area contributed by atoms with Crippen molar-refractivity contribution in [1.29, 1.82) is 0 Å². The minimum Gasteiger partial charge on any atom is -0.481 e. The Morgan fingerprint density at radius 3 is 1.04 bits per heavy atom. The Bertz CT molecular complexity index is 1390. The Kier molecular flexibility index (Phi) is 66.5. The highest BCUT2D eigenvalue weighted by atomic mass is 16.5. The van der Waals surface area contributed by atoms with Crippen molar-refractivity contribution in [1.82, 2.24) is 4.90 Å². The van der Waals surface area contributed by atoms with E-state index in [0.717, 1.165) is 103 Å². The lowest BCUT2D eigenvalue weighted by Gasteiger charge is -2.27. The largest absolute Gasteiger partial charge is 0.481 e. The summed E-state index contributed by atoms with van der Waals surface area (Å²) in [6.45, 7) is 10.4. The van der Waals surface area contributed by atoms with Gasteiger partial charge in [-0.15, -0.1) is 0 Å². The van der Waals surface area contributed by atoms with Crippen LogP contribution in [0.1, 0.15) is 356 Å². The first-order valence-electron chi connectivity index (χ1n) is 35.1. The van der Waals surface area contributed by atoms with Gasteiger partial charge in [0, 0.05) is 19.3 Å². The zero-order valence-corrected chi connectivity index (χ0v) is 54.0. The molecular weight excluding hydrogens is 1020 g/mol. The molecule has 9 nitrogen and oxygen atoms in total. The summed E-state index contributed by atoms with van der Waals surface area (Å²) < 4.78 is 16.8. The molecule has 1 N–H and O–H groups in total. The van der Waals surface area contributed by atoms with Crippen LogP contribution in [0.5, 0.6) is 0 Å². The molecule has 1 saturated heterocycles. The van der Waals surface area contributed by atoms with E-state index in [9.17, 15) is 19.2 Å². The minimum absolute atomic E-state index is 0. The lowest BCUT2D eigenvalue weighted by molar-refractivity contribution is -0.150. The fourth-order valence-corrected chi connectivity index (χ4v) is 10.8. The van der Waals surface area contributed by atoms with Crippen molar-refractivity contribution >= 4 is 23.9 Å². The summed E-state index contributed by atoms with van der Waals surface area (Å²) in [5.74, 6) is 0.0517. The number of unbranched alkanes of at least 4 members (excludes halogenated alkanes) is 34. The highest BCUT2D eigenvalue weighted by molar-refractivity contribution is 5.72. The van der Waals surface area contributed by atoms with E-state index < -0.39 is 5.97 Å². The SMILES string of the molecule is C.CCCCCC/C=C\CCCCCCCC(=O)O.CCCCCC/C=C\CCCCCCCC(=O)OCCCCCCC(CCCCCCOC(=O)CCCCCCC/C=C\CCCCCC)CCCCOC(=O)C1CCN(C)CC1. The smallest absolute Gasteiger partial charge is 0.309 e. The molecule has 0 radical (unpaired) electrons. The van der Waals surface area contributed by atoms with E-state index >= 15 is 0 Å². The maximum Gasteiger partial charge on any atom is 0.309 e. The predicted molar refractivity (Wildman–Crippen MR) is 352 cm³/mol. The molecule has 0 aliphatic carbocycles. The molecular formula is C73H137NO8. The van der Waals surface area contributed by atoms with Gasteiger partial charge in [-0.2, -0.15) is 0 Å². The molecule has 1 aliphatic heterocycles. The molecule has 9 heteroatoms. The van der Waals surface area contributed by atoms with Gasteiger partial charge in [-0.25, -0.2) is 0 Å². The van der Waals surface area contributed by atoms with E-state index in [1.165, 1.54) is 218 Å². The molecule has 0 aromatic carbocycles. The summed E-state index contributed by atoms with van der Waals surface area (Å²) in [7, 11) is 2.12. The topological polar surface area (TPSA) is 119 Å². The molecule has 482 valence electrons. The molecule has 0 amide bonds. The molecule has 0 atom stereocenters. The first-order valence-corrected chi connectivity index (χ1v) is 35.1. The van der Waals surface area contributed by atoms with Crippen molar-refractivity contribution < 1.29 is 38.5 Å². The van der Waals surface area contributed by atoms with Gasteiger partial charge in [-0.1, -0.05) is 238 Å². The normalized spacial score (nSPS) is 13.0. The van der Waals surface area contributed by atoms with Gasteiger partial charge in [0.15, 0.2) is 0 Å². The van der Waals surface area contributed by atoms with E-state index in [0.29, 0.717) is 45.0 Å². The van der Waals surface area contributed by atoms with Crippen molar-refractivity contribution in [3.05, 3.63) is 36.5 Å². The van der Waals surface area contributed by atoms with Gasteiger partial charge >= 0.3 is 23.9 Å². The maximum absolute atomic E-state index is 12.6. The molecule has 0 aromatic heterocycles. The number of likely N-dealkylation sites (tertiary alicyclic amines) is 1. The lowest BCUT2D eigenvalue weighted by atomic mass is 9.90. The van der Waals surface area contributed by atoms with E-state index in [1.807, 2.05) is 0 Å². The molecule has 1 heterocycles. The Balaban J connectivity index is 0. The first-order chi connectivity index (χ1) is 39.7. The van der Waals surface area contributed by atoms with Crippen LogP contribution < -0.4 is 0 Å². The van der Waals surface area contributed by atoms with E-state index in [4.69, 9.17) is 19.3 Å². The third-order valence-corrected chi connectivity index (χ3v) is 16.3. The molecule has 0 saturated carbocycles. The molecule has 1 fully saturated rings. The van der Waals surface area contributed by atoms with Crippen LogP contribution in [0.4, 0.5) is 0 Å². The molecule has 0 spiro atoms. The van der Waals surface area contributed by atoms with Crippen LogP contribution >= 0.6 is 0 Å². The number of allylic oxidation sites excluding steroid dienone is 6. The fourth-order valence-electron chi connectivity index (χ4n) is 10.8. The van der Waals surface area contributed by atoms with Crippen LogP contribution in [0, 0.1) is 11.8 Å². The third-order valence-electron chi connectivity index (χ3n) is 16.3. The van der Waals surface area contributed by atoms with Gasteiger partial charge in [0.05, 0.1) is 25.7 Å². The first kappa shape index (κ1) is 81.1. The summed E-state index contributed by atoms with van der Waals surface area (Å²) in [5, 5.41) is 8.48. The van der Waals surface area contributed by atoms with Gasteiger partial charge in [0.25, 0.3) is 0 Å². The van der Waals surface area contributed by atoms with Crippen molar-refractivity contribution in [2.24, 2.45) is 11.8 Å². The van der Waals surface area contributed by atoms with Crippen molar-refractivity contribution in [3.63, 3.8) is 0 Å². The van der Waals surface area contributed by atoms with Crippen molar-refractivity contribution in [2.45, 2.75) is 356 Å². The highest BCUT2D eigenvalue weighted by Crippen LogP contribution is 2.25. The Morgan fingerprint density at radius 1 is 0.390 bits per heavy atom. The second-order valence-electron chi connectivity index (χ2n) is 24.2. The number of rotatable bonds is 59. The van der Waals surface area contributed by atoms with Crippen LogP contribution in [-0.2, 0) is 33.4 Å². The average Bonchev–Trinajstić information content (AvgIpc) is 3.47. The number of aliphatic carboxylic acids is 1. The van der Waals surface area contributed by atoms with Crippen LogP contribution in [0.25, 0.3) is 0 Å². The predicted octanol–water partition coefficient (Wildman–Crippen LogP) is 22.1. The summed E-state index contributed by atoms with van der Waals surface area (Å²) in [5.41, 5.74) is 0. The van der Waals surface area contributed by atoms with Gasteiger partial charge < -0.3 is 24.2 Å². The molecule has 0 bridgehead atoms. The summed E-state index contributed by atoms with van der Waals surface area (Å²) in [4.78, 5) is 49.6. The van der Waals surface area contributed by atoms with Crippen LogP contribution in [0.15, 0.2) is 36.5 Å². The monoisotopic (exact) mass is 1160 g/mol. The average molecular weight is 1160 g/mol. The zero-order valence-electron chi connectivity index (χ0n) is 54.0. The fraction of sp³-hybridized carbons (Fsp3) is 0.863. The van der Waals surface area contributed by atoms with Crippen molar-refractivity contribution in [2.75, 3.05) is 40.0 Å². The van der Waals surface area contributed by atoms with Crippen molar-refractivity contribution in [3.8, 4) is 0 Å². The molecule has 0 unspecified atom stereocenters. The third kappa shape index (κ3) is 63.1. The summed E-state index contributed by atoms with van der Waals surface area (Å²) >= 11 is 0.